The number of aromatic amines is 1. The first kappa shape index (κ1) is 11.6. The highest BCUT2D eigenvalue weighted by Crippen LogP contribution is 2.27. The summed E-state index contributed by atoms with van der Waals surface area (Å²) in [5.74, 6) is 0.0540. The number of nitrogens with one attached hydrogen (secondary N) is 1. The number of ketones is 1. The Morgan fingerprint density at radius 1 is 1.62 bits per heavy atom. The van der Waals surface area contributed by atoms with Crippen molar-refractivity contribution in [2.45, 2.75) is 17.3 Å². The van der Waals surface area contributed by atoms with Gasteiger partial charge in [-0.15, -0.1) is 11.3 Å². The molecule has 1 unspecified atom stereocenters. The van der Waals surface area contributed by atoms with Gasteiger partial charge in [-0.25, -0.2) is 4.98 Å². The van der Waals surface area contributed by atoms with Crippen molar-refractivity contribution >= 4 is 40.5 Å². The molecule has 0 bridgehead atoms. The summed E-state index contributed by atoms with van der Waals surface area (Å²) in [5, 5.41) is 6.87. The third kappa shape index (κ3) is 2.63. The molecule has 0 saturated carbocycles. The second-order valence-electron chi connectivity index (χ2n) is 3.02. The first-order chi connectivity index (χ1) is 7.66. The standard InChI is InChI=1S/C9H8ClN3OS2/c1-5(15-9-11-4-12-13-9)8(14)6-2-3-7(10)16-6/h2-5H,1H3,(H,11,12,13). The van der Waals surface area contributed by atoms with Gasteiger partial charge >= 0.3 is 0 Å². The molecule has 0 spiro atoms. The molecule has 0 fully saturated rings. The van der Waals surface area contributed by atoms with E-state index in [2.05, 4.69) is 15.2 Å². The summed E-state index contributed by atoms with van der Waals surface area (Å²) in [5.41, 5.74) is 0. The summed E-state index contributed by atoms with van der Waals surface area (Å²) in [6.07, 6.45) is 1.42. The van der Waals surface area contributed by atoms with E-state index < -0.39 is 0 Å². The van der Waals surface area contributed by atoms with Gasteiger partial charge in [0.15, 0.2) is 10.9 Å². The van der Waals surface area contributed by atoms with Crippen molar-refractivity contribution in [2.75, 3.05) is 0 Å². The Hall–Kier alpha value is -0.850. The zero-order valence-corrected chi connectivity index (χ0v) is 10.7. The Bertz CT molecular complexity index is 483. The monoisotopic (exact) mass is 273 g/mol. The third-order valence-corrected chi connectivity index (χ3v) is 4.10. The van der Waals surface area contributed by atoms with Crippen molar-refractivity contribution in [2.24, 2.45) is 0 Å². The fourth-order valence-electron chi connectivity index (χ4n) is 1.12. The van der Waals surface area contributed by atoms with Crippen LogP contribution in [-0.4, -0.2) is 26.2 Å². The van der Waals surface area contributed by atoms with Gasteiger partial charge in [0.1, 0.15) is 6.33 Å². The van der Waals surface area contributed by atoms with Crippen molar-refractivity contribution in [3.8, 4) is 0 Å². The molecule has 0 aliphatic heterocycles. The average Bonchev–Trinajstić information content (AvgIpc) is 2.88. The van der Waals surface area contributed by atoms with Crippen LogP contribution < -0.4 is 0 Å². The first-order valence-electron chi connectivity index (χ1n) is 4.48. The molecule has 0 aliphatic rings. The van der Waals surface area contributed by atoms with Crippen LogP contribution in [0.15, 0.2) is 23.6 Å². The molecule has 1 atom stereocenters. The van der Waals surface area contributed by atoms with E-state index in [1.807, 2.05) is 6.92 Å². The number of hydrogen-bond donors (Lipinski definition) is 1. The number of thioether (sulfide) groups is 1. The number of carbonyl (C=O) groups excluding carboxylic acids is 1. The number of carbonyl (C=O) groups is 1. The maximum absolute atomic E-state index is 12.0. The second-order valence-corrected chi connectivity index (χ2v) is 6.06. The molecule has 0 amide bonds. The maximum Gasteiger partial charge on any atom is 0.185 e. The largest absolute Gasteiger partial charge is 0.292 e. The summed E-state index contributed by atoms with van der Waals surface area (Å²) in [7, 11) is 0. The van der Waals surface area contributed by atoms with Gasteiger partial charge < -0.3 is 0 Å². The fraction of sp³-hybridized carbons (Fsp3) is 0.222. The Morgan fingerprint density at radius 3 is 3.00 bits per heavy atom. The molecule has 2 heterocycles. The second kappa shape index (κ2) is 4.99. The van der Waals surface area contributed by atoms with Crippen molar-refractivity contribution in [3.05, 3.63) is 27.7 Å². The van der Waals surface area contributed by atoms with Crippen LogP contribution in [0.1, 0.15) is 16.6 Å². The number of Topliss-reactive ketones (excluding diaryl/α,β-unsaturated/α-hetero) is 1. The smallest absolute Gasteiger partial charge is 0.185 e. The normalized spacial score (nSPS) is 12.6. The van der Waals surface area contributed by atoms with Gasteiger partial charge in [-0.3, -0.25) is 9.89 Å². The number of hydrogen-bond acceptors (Lipinski definition) is 5. The number of H-pyrrole nitrogens is 1. The summed E-state index contributed by atoms with van der Waals surface area (Å²) in [6.45, 7) is 1.84. The highest BCUT2D eigenvalue weighted by Gasteiger charge is 2.19. The van der Waals surface area contributed by atoms with Gasteiger partial charge in [0.25, 0.3) is 0 Å². The zero-order chi connectivity index (χ0) is 11.5. The summed E-state index contributed by atoms with van der Waals surface area (Å²) < 4.78 is 0.625. The zero-order valence-electron chi connectivity index (χ0n) is 8.31. The molecule has 0 aliphatic carbocycles. The molecule has 0 saturated heterocycles. The SMILES string of the molecule is CC(Sc1ncn[nH]1)C(=O)c1ccc(Cl)s1. The van der Waals surface area contributed by atoms with Gasteiger partial charge in [0, 0.05) is 0 Å². The van der Waals surface area contributed by atoms with Crippen LogP contribution in [0, 0.1) is 0 Å². The Balaban J connectivity index is 2.05. The highest BCUT2D eigenvalue weighted by atomic mass is 35.5. The lowest BCUT2D eigenvalue weighted by atomic mass is 10.2. The van der Waals surface area contributed by atoms with Crippen LogP contribution in [0.25, 0.3) is 0 Å². The molecule has 2 aromatic heterocycles. The Labute approximate surface area is 105 Å². The lowest BCUT2D eigenvalue weighted by molar-refractivity contribution is 0.0997. The highest BCUT2D eigenvalue weighted by molar-refractivity contribution is 8.00. The number of nitrogens with zero attached hydrogens (tertiary/aromatic N) is 2. The van der Waals surface area contributed by atoms with E-state index in [0.717, 1.165) is 0 Å². The molecule has 4 nitrogen and oxygen atoms in total. The molecule has 0 aromatic carbocycles. The van der Waals surface area contributed by atoms with E-state index >= 15 is 0 Å². The molecule has 16 heavy (non-hydrogen) atoms. The van der Waals surface area contributed by atoms with Crippen LogP contribution in [0.3, 0.4) is 0 Å². The first-order valence-corrected chi connectivity index (χ1v) is 6.56. The van der Waals surface area contributed by atoms with Crippen LogP contribution >= 0.6 is 34.7 Å². The minimum Gasteiger partial charge on any atom is -0.292 e. The van der Waals surface area contributed by atoms with E-state index in [4.69, 9.17) is 11.6 Å². The molecule has 84 valence electrons. The lowest BCUT2D eigenvalue weighted by Crippen LogP contribution is -2.12. The predicted molar refractivity (Wildman–Crippen MR) is 65.4 cm³/mol. The summed E-state index contributed by atoms with van der Waals surface area (Å²) >= 11 is 8.42. The minimum atomic E-state index is -0.206. The van der Waals surface area contributed by atoms with Crippen LogP contribution in [-0.2, 0) is 0 Å². The molecule has 1 N–H and O–H groups in total. The maximum atomic E-state index is 12.0. The lowest BCUT2D eigenvalue weighted by Gasteiger charge is -2.05. The van der Waals surface area contributed by atoms with E-state index in [0.29, 0.717) is 14.4 Å². The van der Waals surface area contributed by atoms with Gasteiger partial charge in [0.05, 0.1) is 14.5 Å². The Kier molecular flexibility index (Phi) is 3.63. The van der Waals surface area contributed by atoms with Crippen molar-refractivity contribution < 1.29 is 4.79 Å². The van der Waals surface area contributed by atoms with Gasteiger partial charge in [-0.1, -0.05) is 23.4 Å². The molecule has 2 rings (SSSR count). The quantitative estimate of drug-likeness (QED) is 0.687. The van der Waals surface area contributed by atoms with Gasteiger partial charge in [-0.05, 0) is 19.1 Å². The number of thiophene rings is 1. The van der Waals surface area contributed by atoms with Crippen LogP contribution in [0.2, 0.25) is 4.34 Å². The number of aromatic nitrogens is 3. The van der Waals surface area contributed by atoms with Crippen LogP contribution in [0.5, 0.6) is 0 Å². The van der Waals surface area contributed by atoms with Crippen molar-refractivity contribution in [1.82, 2.24) is 15.2 Å². The minimum absolute atomic E-state index is 0.0540. The molecule has 7 heteroatoms. The molecular formula is C9H8ClN3OS2. The van der Waals surface area contributed by atoms with E-state index in [1.165, 1.54) is 29.4 Å². The average molecular weight is 274 g/mol. The fourth-order valence-corrected chi connectivity index (χ4v) is 3.05. The van der Waals surface area contributed by atoms with Gasteiger partial charge in [-0.2, -0.15) is 5.10 Å². The predicted octanol–water partition coefficient (Wildman–Crippen LogP) is 2.88. The van der Waals surface area contributed by atoms with E-state index in [9.17, 15) is 4.79 Å². The van der Waals surface area contributed by atoms with Crippen LogP contribution in [0.4, 0.5) is 0 Å². The molecule has 2 aromatic rings. The van der Waals surface area contributed by atoms with Crippen molar-refractivity contribution in [1.29, 1.82) is 0 Å². The summed E-state index contributed by atoms with van der Waals surface area (Å²) in [6, 6.07) is 3.47. The summed E-state index contributed by atoms with van der Waals surface area (Å²) in [4.78, 5) is 16.6. The van der Waals surface area contributed by atoms with E-state index in [1.54, 1.807) is 12.1 Å². The van der Waals surface area contributed by atoms with Gasteiger partial charge in [0.2, 0.25) is 0 Å². The topological polar surface area (TPSA) is 58.6 Å². The number of halogens is 1. The number of rotatable bonds is 4. The third-order valence-electron chi connectivity index (χ3n) is 1.87. The molecule has 0 radical (unpaired) electrons. The van der Waals surface area contributed by atoms with Crippen molar-refractivity contribution in [3.63, 3.8) is 0 Å². The molecular weight excluding hydrogens is 266 g/mol. The van der Waals surface area contributed by atoms with E-state index in [-0.39, 0.29) is 11.0 Å². The Morgan fingerprint density at radius 2 is 2.44 bits per heavy atom.